The van der Waals surface area contributed by atoms with E-state index < -0.39 is 17.7 Å². The van der Waals surface area contributed by atoms with Crippen molar-refractivity contribution in [1.82, 2.24) is 0 Å². The number of carbonyl (C=O) groups excluding carboxylic acids is 2. The number of amides is 1. The molecule has 2 heterocycles. The second-order valence-corrected chi connectivity index (χ2v) is 9.06. The highest BCUT2D eigenvalue weighted by molar-refractivity contribution is 7.10. The minimum atomic E-state index is -0.864. The van der Waals surface area contributed by atoms with Gasteiger partial charge in [0.1, 0.15) is 23.3 Å². The number of methoxy groups -OCH3 is 2. The van der Waals surface area contributed by atoms with Gasteiger partial charge in [-0.25, -0.2) is 0 Å². The standard InChI is InChI=1S/C24H19Cl2NO5S/c1-12-8-9-33-23(12)20-19(21(28)15-11-14(31-2)5-6-16(15)25)22(29)24(30)27(20)13-4-7-18(32-3)17(26)10-13/h4-11,20,28H,1-3H3/b21-19-. The van der Waals surface area contributed by atoms with Crippen LogP contribution in [0.1, 0.15) is 22.0 Å². The van der Waals surface area contributed by atoms with E-state index in [9.17, 15) is 14.7 Å². The van der Waals surface area contributed by atoms with Gasteiger partial charge in [-0.3, -0.25) is 14.5 Å². The number of hydrogen-bond donors (Lipinski definition) is 1. The Kier molecular flexibility index (Phi) is 6.38. The first-order valence-corrected chi connectivity index (χ1v) is 11.4. The first-order valence-electron chi connectivity index (χ1n) is 9.81. The van der Waals surface area contributed by atoms with Crippen molar-refractivity contribution in [2.75, 3.05) is 19.1 Å². The first-order chi connectivity index (χ1) is 15.8. The molecule has 0 aliphatic carbocycles. The third-order valence-corrected chi connectivity index (χ3v) is 7.13. The molecule has 170 valence electrons. The monoisotopic (exact) mass is 503 g/mol. The van der Waals surface area contributed by atoms with Gasteiger partial charge in [-0.1, -0.05) is 23.2 Å². The Morgan fingerprint density at radius 2 is 1.79 bits per heavy atom. The van der Waals surface area contributed by atoms with Crippen molar-refractivity contribution in [3.63, 3.8) is 0 Å². The highest BCUT2D eigenvalue weighted by Crippen LogP contribution is 2.46. The predicted octanol–water partition coefficient (Wildman–Crippen LogP) is 6.01. The maximum absolute atomic E-state index is 13.3. The lowest BCUT2D eigenvalue weighted by molar-refractivity contribution is -0.132. The van der Waals surface area contributed by atoms with E-state index in [4.69, 9.17) is 32.7 Å². The van der Waals surface area contributed by atoms with Crippen LogP contribution in [0.4, 0.5) is 5.69 Å². The zero-order chi connectivity index (χ0) is 23.9. The molecule has 0 spiro atoms. The van der Waals surface area contributed by atoms with Gasteiger partial charge in [-0.05, 0) is 60.3 Å². The lowest BCUT2D eigenvalue weighted by atomic mass is 9.98. The molecule has 1 unspecified atom stereocenters. The summed E-state index contributed by atoms with van der Waals surface area (Å²) in [4.78, 5) is 28.6. The maximum atomic E-state index is 13.3. The van der Waals surface area contributed by atoms with E-state index >= 15 is 0 Å². The van der Waals surface area contributed by atoms with Gasteiger partial charge in [0.2, 0.25) is 0 Å². The number of aliphatic hydroxyl groups excluding tert-OH is 1. The van der Waals surface area contributed by atoms with Crippen molar-refractivity contribution in [3.05, 3.63) is 79.5 Å². The summed E-state index contributed by atoms with van der Waals surface area (Å²) >= 11 is 14.0. The second kappa shape index (κ2) is 9.09. The van der Waals surface area contributed by atoms with Gasteiger partial charge in [-0.15, -0.1) is 11.3 Å². The van der Waals surface area contributed by atoms with E-state index in [-0.39, 0.29) is 26.9 Å². The number of thiophene rings is 1. The molecule has 1 N–H and O–H groups in total. The van der Waals surface area contributed by atoms with Crippen LogP contribution >= 0.6 is 34.5 Å². The zero-order valence-corrected chi connectivity index (χ0v) is 20.2. The SMILES string of the molecule is COc1ccc(Cl)c(/C(O)=C2/C(=O)C(=O)N(c3ccc(OC)c(Cl)c3)C2c2sccc2C)c1. The Bertz CT molecular complexity index is 1300. The normalized spacial score (nSPS) is 17.5. The molecule has 1 atom stereocenters. The molecule has 1 aliphatic heterocycles. The third-order valence-electron chi connectivity index (χ3n) is 5.44. The Balaban J connectivity index is 1.97. The van der Waals surface area contributed by atoms with Crippen molar-refractivity contribution in [1.29, 1.82) is 0 Å². The number of anilines is 1. The molecule has 6 nitrogen and oxygen atoms in total. The van der Waals surface area contributed by atoms with Crippen LogP contribution in [-0.2, 0) is 9.59 Å². The lowest BCUT2D eigenvalue weighted by Gasteiger charge is -2.25. The van der Waals surface area contributed by atoms with Crippen LogP contribution in [-0.4, -0.2) is 31.0 Å². The number of aliphatic hydroxyl groups is 1. The van der Waals surface area contributed by atoms with Crippen LogP contribution in [0, 0.1) is 6.92 Å². The highest BCUT2D eigenvalue weighted by Gasteiger charge is 2.48. The van der Waals surface area contributed by atoms with Crippen molar-refractivity contribution < 1.29 is 24.2 Å². The van der Waals surface area contributed by atoms with Crippen molar-refractivity contribution in [2.24, 2.45) is 0 Å². The van der Waals surface area contributed by atoms with Gasteiger partial charge in [0, 0.05) is 16.1 Å². The summed E-state index contributed by atoms with van der Waals surface area (Å²) < 4.78 is 10.4. The molecule has 1 saturated heterocycles. The molecule has 1 fully saturated rings. The van der Waals surface area contributed by atoms with Gasteiger partial charge >= 0.3 is 0 Å². The largest absolute Gasteiger partial charge is 0.507 e. The third kappa shape index (κ3) is 3.97. The summed E-state index contributed by atoms with van der Waals surface area (Å²) in [5, 5.41) is 13.6. The summed E-state index contributed by atoms with van der Waals surface area (Å²) in [6.07, 6.45) is 0. The van der Waals surface area contributed by atoms with Crippen LogP contribution in [0.15, 0.2) is 53.4 Å². The molecule has 1 amide bonds. The number of aryl methyl sites for hydroxylation is 1. The topological polar surface area (TPSA) is 76.1 Å². The summed E-state index contributed by atoms with van der Waals surface area (Å²) in [5.41, 5.74) is 1.41. The molecule has 0 saturated carbocycles. The molecule has 2 aromatic carbocycles. The number of carbonyl (C=O) groups is 2. The number of ketones is 1. The number of halogens is 2. The lowest BCUT2D eigenvalue weighted by Crippen LogP contribution is -2.29. The highest BCUT2D eigenvalue weighted by atomic mass is 35.5. The minimum Gasteiger partial charge on any atom is -0.507 e. The molecular formula is C24H19Cl2NO5S. The minimum absolute atomic E-state index is 0.0624. The van der Waals surface area contributed by atoms with E-state index in [1.54, 1.807) is 30.3 Å². The Morgan fingerprint density at radius 3 is 2.39 bits per heavy atom. The first kappa shape index (κ1) is 23.2. The van der Waals surface area contributed by atoms with Gasteiger partial charge in [-0.2, -0.15) is 0 Å². The molecule has 0 bridgehead atoms. The molecule has 1 aliphatic rings. The maximum Gasteiger partial charge on any atom is 0.300 e. The fourth-order valence-electron chi connectivity index (χ4n) is 3.77. The van der Waals surface area contributed by atoms with Gasteiger partial charge in [0.05, 0.1) is 29.8 Å². The molecular weight excluding hydrogens is 485 g/mol. The van der Waals surface area contributed by atoms with Crippen LogP contribution in [0.5, 0.6) is 11.5 Å². The van der Waals surface area contributed by atoms with E-state index in [2.05, 4.69) is 0 Å². The van der Waals surface area contributed by atoms with Crippen molar-refractivity contribution in [2.45, 2.75) is 13.0 Å². The molecule has 1 aromatic heterocycles. The van der Waals surface area contributed by atoms with Crippen LogP contribution in [0.3, 0.4) is 0 Å². The Labute approximate surface area is 204 Å². The number of Topliss-reactive ketones (excluding diaryl/α,β-unsaturated/α-hetero) is 1. The average molecular weight is 504 g/mol. The van der Waals surface area contributed by atoms with Crippen molar-refractivity contribution >= 4 is 57.7 Å². The van der Waals surface area contributed by atoms with Crippen LogP contribution in [0.25, 0.3) is 5.76 Å². The summed E-state index contributed by atoms with van der Waals surface area (Å²) in [6, 6.07) is 10.6. The van der Waals surface area contributed by atoms with Gasteiger partial charge in [0.25, 0.3) is 11.7 Å². The van der Waals surface area contributed by atoms with Gasteiger partial charge in [0.15, 0.2) is 0 Å². The zero-order valence-electron chi connectivity index (χ0n) is 17.9. The second-order valence-electron chi connectivity index (χ2n) is 7.30. The smallest absolute Gasteiger partial charge is 0.300 e. The molecule has 3 aromatic rings. The van der Waals surface area contributed by atoms with E-state index in [0.717, 1.165) is 10.4 Å². The van der Waals surface area contributed by atoms with Crippen LogP contribution < -0.4 is 14.4 Å². The number of nitrogens with zero attached hydrogens (tertiary/aromatic N) is 1. The van der Waals surface area contributed by atoms with Crippen molar-refractivity contribution in [3.8, 4) is 11.5 Å². The number of rotatable bonds is 5. The number of hydrogen-bond acceptors (Lipinski definition) is 6. The molecule has 4 rings (SSSR count). The average Bonchev–Trinajstić information content (AvgIpc) is 3.34. The molecule has 33 heavy (non-hydrogen) atoms. The molecule has 0 radical (unpaired) electrons. The Hall–Kier alpha value is -3.00. The Morgan fingerprint density at radius 1 is 1.03 bits per heavy atom. The molecule has 9 heteroatoms. The summed E-state index contributed by atoms with van der Waals surface area (Å²) in [6.45, 7) is 1.88. The van der Waals surface area contributed by atoms with E-state index in [0.29, 0.717) is 17.2 Å². The quantitative estimate of drug-likeness (QED) is 0.262. The number of benzene rings is 2. The fourth-order valence-corrected chi connectivity index (χ4v) is 5.26. The summed E-state index contributed by atoms with van der Waals surface area (Å²) in [7, 11) is 2.97. The predicted molar refractivity (Wildman–Crippen MR) is 130 cm³/mol. The van der Waals surface area contributed by atoms with Gasteiger partial charge < -0.3 is 14.6 Å². The van der Waals surface area contributed by atoms with E-state index in [1.807, 2.05) is 18.4 Å². The fraction of sp³-hybridized carbons (Fsp3) is 0.167. The van der Waals surface area contributed by atoms with Crippen LogP contribution in [0.2, 0.25) is 10.0 Å². The number of ether oxygens (including phenoxy) is 2. The van der Waals surface area contributed by atoms with E-state index in [1.165, 1.54) is 36.5 Å². The summed E-state index contributed by atoms with van der Waals surface area (Å²) in [5.74, 6) is -1.10.